The van der Waals surface area contributed by atoms with Gasteiger partial charge in [0, 0.05) is 39.1 Å². The molecule has 0 N–H and O–H groups in total. The van der Waals surface area contributed by atoms with Gasteiger partial charge < -0.3 is 4.57 Å². The van der Waals surface area contributed by atoms with E-state index in [1.165, 1.54) is 21.5 Å². The normalized spacial score (nSPS) is 13.2. The molecule has 2 heteroatoms. The number of fused-ring (bicyclic) bond motifs is 3. The number of rotatable bonds is 3. The Labute approximate surface area is 141 Å². The number of nitrogens with zero attached hydrogens (tertiary/aromatic N) is 1. The summed E-state index contributed by atoms with van der Waals surface area (Å²) in [6, 6.07) is 13.9. The molecule has 2 nitrogen and oxygen atoms in total. The van der Waals surface area contributed by atoms with Gasteiger partial charge in [0.15, 0.2) is 5.78 Å². The van der Waals surface area contributed by atoms with Crippen molar-refractivity contribution in [1.82, 2.24) is 4.57 Å². The molecule has 0 bridgehead atoms. The second-order valence-corrected chi connectivity index (χ2v) is 6.40. The van der Waals surface area contributed by atoms with Crippen molar-refractivity contribution in [2.45, 2.75) is 33.2 Å². The van der Waals surface area contributed by atoms with Crippen LogP contribution in [0.25, 0.3) is 23.1 Å². The Hall–Kier alpha value is -2.61. The fourth-order valence-electron chi connectivity index (χ4n) is 3.75. The number of hydrogen-bond acceptors (Lipinski definition) is 1. The quantitative estimate of drug-likeness (QED) is 0.678. The zero-order chi connectivity index (χ0) is 16.7. The monoisotopic (exact) mass is 315 g/mol. The predicted molar refractivity (Wildman–Crippen MR) is 99.6 cm³/mol. The van der Waals surface area contributed by atoms with E-state index >= 15 is 0 Å². The topological polar surface area (TPSA) is 22.0 Å². The third kappa shape index (κ3) is 2.22. The van der Waals surface area contributed by atoms with Gasteiger partial charge in [0.1, 0.15) is 0 Å². The van der Waals surface area contributed by atoms with Crippen LogP contribution in [0, 0.1) is 6.92 Å². The van der Waals surface area contributed by atoms with Crippen LogP contribution in [0.3, 0.4) is 0 Å². The van der Waals surface area contributed by atoms with E-state index in [9.17, 15) is 4.79 Å². The van der Waals surface area contributed by atoms with Crippen LogP contribution in [-0.2, 0) is 6.54 Å². The lowest BCUT2D eigenvalue weighted by Gasteiger charge is -2.06. The maximum Gasteiger partial charge on any atom is 0.193 e. The smallest absolute Gasteiger partial charge is 0.193 e. The number of hydrogen-bond donors (Lipinski definition) is 0. The summed E-state index contributed by atoms with van der Waals surface area (Å²) in [7, 11) is 0. The second kappa shape index (κ2) is 5.79. The Morgan fingerprint density at radius 3 is 2.67 bits per heavy atom. The molecular weight excluding hydrogens is 294 g/mol. The lowest BCUT2D eigenvalue weighted by molar-refractivity contribution is 0.103. The highest BCUT2D eigenvalue weighted by Crippen LogP contribution is 2.18. The van der Waals surface area contributed by atoms with Gasteiger partial charge in [-0.3, -0.25) is 4.79 Å². The van der Waals surface area contributed by atoms with Gasteiger partial charge >= 0.3 is 0 Å². The van der Waals surface area contributed by atoms with Crippen molar-refractivity contribution in [2.24, 2.45) is 0 Å². The Bertz CT molecular complexity index is 1070. The molecule has 0 aliphatic heterocycles. The Balaban J connectivity index is 1.94. The molecule has 1 aliphatic rings. The Morgan fingerprint density at radius 2 is 1.88 bits per heavy atom. The van der Waals surface area contributed by atoms with Crippen molar-refractivity contribution in [3.63, 3.8) is 0 Å². The molecule has 0 radical (unpaired) electrons. The SMILES string of the molecule is CCn1c2c(c3cc(C(=O)c4ccccc4C)ccc31)=CCCC=2. The highest BCUT2D eigenvalue weighted by molar-refractivity contribution is 6.11. The summed E-state index contributed by atoms with van der Waals surface area (Å²) < 4.78 is 2.35. The first-order valence-corrected chi connectivity index (χ1v) is 8.63. The van der Waals surface area contributed by atoms with E-state index < -0.39 is 0 Å². The van der Waals surface area contributed by atoms with Crippen molar-refractivity contribution in [2.75, 3.05) is 0 Å². The minimum Gasteiger partial charge on any atom is -0.341 e. The molecule has 3 aromatic rings. The van der Waals surface area contributed by atoms with Gasteiger partial charge in [-0.2, -0.15) is 0 Å². The van der Waals surface area contributed by atoms with Crippen LogP contribution in [0.15, 0.2) is 42.5 Å². The second-order valence-electron chi connectivity index (χ2n) is 6.40. The van der Waals surface area contributed by atoms with Crippen LogP contribution in [-0.4, -0.2) is 10.4 Å². The zero-order valence-corrected chi connectivity index (χ0v) is 14.2. The van der Waals surface area contributed by atoms with E-state index in [0.29, 0.717) is 0 Å². The summed E-state index contributed by atoms with van der Waals surface area (Å²) in [5, 5.41) is 3.79. The zero-order valence-electron chi connectivity index (χ0n) is 14.2. The van der Waals surface area contributed by atoms with Crippen LogP contribution in [0.2, 0.25) is 0 Å². The minimum absolute atomic E-state index is 0.104. The number of ketones is 1. The molecule has 1 aliphatic carbocycles. The molecule has 4 rings (SSSR count). The van der Waals surface area contributed by atoms with Crippen molar-refractivity contribution in [3.8, 4) is 0 Å². The molecule has 0 atom stereocenters. The van der Waals surface area contributed by atoms with E-state index in [0.717, 1.165) is 36.1 Å². The van der Waals surface area contributed by atoms with E-state index in [1.54, 1.807) is 0 Å². The van der Waals surface area contributed by atoms with E-state index in [1.807, 2.05) is 37.3 Å². The van der Waals surface area contributed by atoms with Crippen LogP contribution < -0.4 is 10.6 Å². The number of carbonyl (C=O) groups is 1. The number of carbonyl (C=O) groups excluding carboxylic acids is 1. The van der Waals surface area contributed by atoms with Gasteiger partial charge in [-0.25, -0.2) is 0 Å². The molecular formula is C22H21NO. The average molecular weight is 315 g/mol. The maximum atomic E-state index is 12.9. The molecule has 0 saturated carbocycles. The van der Waals surface area contributed by atoms with Crippen molar-refractivity contribution >= 4 is 28.8 Å². The van der Waals surface area contributed by atoms with Crippen molar-refractivity contribution in [3.05, 3.63) is 69.7 Å². The number of aromatic nitrogens is 1. The van der Waals surface area contributed by atoms with Gasteiger partial charge in [0.05, 0.1) is 0 Å². The summed E-state index contributed by atoms with van der Waals surface area (Å²) in [6.07, 6.45) is 6.80. The number of aryl methyl sites for hydroxylation is 2. The van der Waals surface area contributed by atoms with Crippen LogP contribution in [0.1, 0.15) is 41.3 Å². The molecule has 0 spiro atoms. The van der Waals surface area contributed by atoms with E-state index in [-0.39, 0.29) is 5.78 Å². The summed E-state index contributed by atoms with van der Waals surface area (Å²) in [4.78, 5) is 12.9. The fraction of sp³-hybridized carbons (Fsp3) is 0.227. The third-order valence-corrected chi connectivity index (χ3v) is 4.97. The summed E-state index contributed by atoms with van der Waals surface area (Å²) in [6.45, 7) is 5.11. The van der Waals surface area contributed by atoms with Crippen molar-refractivity contribution in [1.29, 1.82) is 0 Å². The highest BCUT2D eigenvalue weighted by atomic mass is 16.1. The first kappa shape index (κ1) is 14.9. The van der Waals surface area contributed by atoms with Gasteiger partial charge in [-0.1, -0.05) is 36.4 Å². The van der Waals surface area contributed by atoms with E-state index in [2.05, 4.69) is 35.8 Å². The van der Waals surface area contributed by atoms with Gasteiger partial charge in [0.2, 0.25) is 0 Å². The molecule has 1 heterocycles. The maximum absolute atomic E-state index is 12.9. The highest BCUT2D eigenvalue weighted by Gasteiger charge is 2.14. The standard InChI is InChI=1S/C22H21NO/c1-3-23-20-11-7-6-10-18(20)19-14-16(12-13-21(19)23)22(24)17-9-5-4-8-15(17)2/h4-5,8-14H,3,6-7H2,1-2H3. The summed E-state index contributed by atoms with van der Waals surface area (Å²) in [5.41, 5.74) is 3.80. The summed E-state index contributed by atoms with van der Waals surface area (Å²) >= 11 is 0. The lowest BCUT2D eigenvalue weighted by atomic mass is 9.98. The van der Waals surface area contributed by atoms with Crippen LogP contribution in [0.5, 0.6) is 0 Å². The van der Waals surface area contributed by atoms with Crippen LogP contribution in [0.4, 0.5) is 0 Å². The molecule has 0 saturated heterocycles. The van der Waals surface area contributed by atoms with Gasteiger partial charge in [-0.15, -0.1) is 0 Å². The van der Waals surface area contributed by atoms with Crippen LogP contribution >= 0.6 is 0 Å². The summed E-state index contributed by atoms with van der Waals surface area (Å²) in [5.74, 6) is 0.104. The fourth-order valence-corrected chi connectivity index (χ4v) is 3.75. The molecule has 120 valence electrons. The average Bonchev–Trinajstić information content (AvgIpc) is 2.94. The first-order chi connectivity index (χ1) is 11.7. The Morgan fingerprint density at radius 1 is 1.08 bits per heavy atom. The van der Waals surface area contributed by atoms with Gasteiger partial charge in [0.25, 0.3) is 0 Å². The molecule has 24 heavy (non-hydrogen) atoms. The van der Waals surface area contributed by atoms with Crippen molar-refractivity contribution < 1.29 is 4.79 Å². The molecule has 1 aromatic heterocycles. The Kier molecular flexibility index (Phi) is 3.61. The van der Waals surface area contributed by atoms with Gasteiger partial charge in [-0.05, 0) is 50.5 Å². The molecule has 2 aromatic carbocycles. The predicted octanol–water partition coefficient (Wildman–Crippen LogP) is 3.56. The minimum atomic E-state index is 0.104. The first-order valence-electron chi connectivity index (χ1n) is 8.63. The van der Waals surface area contributed by atoms with E-state index in [4.69, 9.17) is 0 Å². The molecule has 0 fully saturated rings. The lowest BCUT2D eigenvalue weighted by Crippen LogP contribution is -2.30. The largest absolute Gasteiger partial charge is 0.341 e. The molecule has 0 amide bonds. The molecule has 0 unspecified atom stereocenters. The third-order valence-electron chi connectivity index (χ3n) is 4.97. The number of benzene rings is 2.